The van der Waals surface area contributed by atoms with Crippen molar-refractivity contribution in [1.82, 2.24) is 19.5 Å². The number of ketones is 1. The first-order chi connectivity index (χ1) is 24.2. The van der Waals surface area contributed by atoms with E-state index in [1.807, 2.05) is 6.07 Å². The second-order valence-corrected chi connectivity index (χ2v) is 14.5. The van der Waals surface area contributed by atoms with E-state index in [1.165, 1.54) is 23.9 Å². The molecule has 15 nitrogen and oxygen atoms in total. The molecule has 0 N–H and O–H groups in total. The molecule has 3 heterocycles. The van der Waals surface area contributed by atoms with E-state index in [0.717, 1.165) is 0 Å². The molecule has 3 aromatic rings. The van der Waals surface area contributed by atoms with Crippen LogP contribution in [0.3, 0.4) is 0 Å². The van der Waals surface area contributed by atoms with Gasteiger partial charge in [-0.05, 0) is 84.7 Å². The quantitative estimate of drug-likeness (QED) is 0.101. The molecule has 280 valence electrons. The maximum atomic E-state index is 16.1. The van der Waals surface area contributed by atoms with E-state index in [9.17, 15) is 24.4 Å². The fourth-order valence-electron chi connectivity index (χ4n) is 5.40. The third kappa shape index (κ3) is 8.83. The van der Waals surface area contributed by atoms with Gasteiger partial charge in [0.1, 0.15) is 11.2 Å². The number of fused-ring (bicyclic) bond motifs is 1. The van der Waals surface area contributed by atoms with Crippen LogP contribution in [-0.2, 0) is 39.7 Å². The molecule has 1 unspecified atom stereocenters. The molecule has 1 aromatic carbocycles. The predicted molar refractivity (Wildman–Crippen MR) is 184 cm³/mol. The number of benzene rings is 1. The standard InChI is InChI=1S/C35H42ClFN6O9/c1-10-48-29(45)35(20(3)44,15-21-12-11-13-22(14-21)16-38)49-17-23-19(2)24(37)28(50-23)42-18-39-25-26(42)40-30(36)41-27(25)43(31(46)51-33(4,5)6)32(47)52-34(7,8)9/h11-14,18-19,23-24,28H,10,15,17H2,1-9H3/t19-,23-,24+,28-,35?/m1/s1. The van der Waals surface area contributed by atoms with Crippen molar-refractivity contribution in [1.29, 1.82) is 5.26 Å². The van der Waals surface area contributed by atoms with Crippen LogP contribution < -0.4 is 4.90 Å². The highest BCUT2D eigenvalue weighted by Crippen LogP contribution is 2.39. The first-order valence-electron chi connectivity index (χ1n) is 16.5. The number of rotatable bonds is 10. The van der Waals surface area contributed by atoms with Crippen LogP contribution >= 0.6 is 11.6 Å². The SMILES string of the molecule is CCOC(=O)C(Cc1cccc(C#N)c1)(OC[C@H]1O[C@@H](n2cnc3c(N(C(=O)OC(C)(C)C)C(=O)OC(C)(C)C)nc(Cl)nc32)[C@@H](F)[C@@H]1C)C(C)=O. The van der Waals surface area contributed by atoms with Gasteiger partial charge in [-0.3, -0.25) is 9.36 Å². The van der Waals surface area contributed by atoms with Crippen LogP contribution in [0.2, 0.25) is 5.28 Å². The minimum Gasteiger partial charge on any atom is -0.463 e. The highest BCUT2D eigenvalue weighted by molar-refractivity contribution is 6.29. The lowest BCUT2D eigenvalue weighted by molar-refractivity contribution is -0.182. The number of nitriles is 1. The minimum absolute atomic E-state index is 0.0419. The van der Waals surface area contributed by atoms with Gasteiger partial charge in [-0.25, -0.2) is 23.8 Å². The van der Waals surface area contributed by atoms with E-state index in [0.29, 0.717) is 16.0 Å². The number of halogens is 2. The number of imidazole rings is 1. The number of carbonyl (C=O) groups is 4. The summed E-state index contributed by atoms with van der Waals surface area (Å²) in [6, 6.07) is 8.38. The first-order valence-corrected chi connectivity index (χ1v) is 16.9. The molecule has 0 spiro atoms. The van der Waals surface area contributed by atoms with E-state index in [4.69, 9.17) is 35.3 Å². The molecule has 1 aliphatic rings. The van der Waals surface area contributed by atoms with Gasteiger partial charge >= 0.3 is 18.2 Å². The Kier molecular flexibility index (Phi) is 11.9. The summed E-state index contributed by atoms with van der Waals surface area (Å²) < 4.78 is 45.7. The molecule has 0 bridgehead atoms. The summed E-state index contributed by atoms with van der Waals surface area (Å²) in [5, 5.41) is 8.95. The number of ether oxygens (including phenoxy) is 5. The molecule has 0 saturated carbocycles. The number of Topliss-reactive ketones (excluding diaryl/α,β-unsaturated/α-hetero) is 1. The van der Waals surface area contributed by atoms with Crippen LogP contribution in [0.15, 0.2) is 30.6 Å². The third-order valence-corrected chi connectivity index (χ3v) is 8.04. The predicted octanol–water partition coefficient (Wildman–Crippen LogP) is 6.05. The topological polar surface area (TPSA) is 185 Å². The lowest BCUT2D eigenvalue weighted by Gasteiger charge is -2.31. The van der Waals surface area contributed by atoms with Gasteiger partial charge in [0.05, 0.1) is 37.3 Å². The summed E-state index contributed by atoms with van der Waals surface area (Å²) in [5.41, 5.74) is -3.60. The maximum Gasteiger partial charge on any atom is 0.425 e. The van der Waals surface area contributed by atoms with E-state index < -0.39 is 77.1 Å². The highest BCUT2D eigenvalue weighted by Gasteiger charge is 2.50. The number of amides is 2. The normalized spacial score (nSPS) is 20.1. The van der Waals surface area contributed by atoms with Crippen LogP contribution in [-0.4, -0.2) is 85.8 Å². The average molecular weight is 745 g/mol. The molecular weight excluding hydrogens is 703 g/mol. The number of imide groups is 1. The van der Waals surface area contributed by atoms with Gasteiger partial charge in [-0.1, -0.05) is 19.1 Å². The smallest absolute Gasteiger partial charge is 0.425 e. The zero-order valence-corrected chi connectivity index (χ0v) is 31.2. The van der Waals surface area contributed by atoms with Crippen molar-refractivity contribution in [3.05, 3.63) is 47.0 Å². The molecule has 17 heteroatoms. The number of alkyl halides is 1. The number of carbonyl (C=O) groups excluding carboxylic acids is 4. The Morgan fingerprint density at radius 1 is 1.08 bits per heavy atom. The molecule has 1 aliphatic heterocycles. The summed E-state index contributed by atoms with van der Waals surface area (Å²) in [7, 11) is 0. The molecule has 0 radical (unpaired) electrons. The van der Waals surface area contributed by atoms with Crippen molar-refractivity contribution in [3.63, 3.8) is 0 Å². The average Bonchev–Trinajstić information content (AvgIpc) is 3.57. The number of anilines is 1. The molecule has 1 fully saturated rings. The van der Waals surface area contributed by atoms with E-state index in [1.54, 1.807) is 73.6 Å². The van der Waals surface area contributed by atoms with Crippen LogP contribution in [0.1, 0.15) is 79.7 Å². The van der Waals surface area contributed by atoms with Gasteiger partial charge in [0.2, 0.25) is 10.9 Å². The lowest BCUT2D eigenvalue weighted by atomic mass is 9.89. The summed E-state index contributed by atoms with van der Waals surface area (Å²) in [6.45, 7) is 13.5. The number of aromatic nitrogens is 4. The third-order valence-electron chi connectivity index (χ3n) is 7.87. The summed E-state index contributed by atoms with van der Waals surface area (Å²) in [4.78, 5) is 66.4. The van der Waals surface area contributed by atoms with Gasteiger partial charge in [0.15, 0.2) is 35.2 Å². The molecule has 5 atom stereocenters. The van der Waals surface area contributed by atoms with Gasteiger partial charge < -0.3 is 23.7 Å². The van der Waals surface area contributed by atoms with Crippen molar-refractivity contribution >= 4 is 52.5 Å². The van der Waals surface area contributed by atoms with Gasteiger partial charge in [0.25, 0.3) is 0 Å². The molecule has 1 saturated heterocycles. The minimum atomic E-state index is -2.12. The van der Waals surface area contributed by atoms with Crippen LogP contribution in [0.25, 0.3) is 11.2 Å². The number of nitrogens with zero attached hydrogens (tertiary/aromatic N) is 6. The lowest BCUT2D eigenvalue weighted by Crippen LogP contribution is -2.52. The van der Waals surface area contributed by atoms with E-state index >= 15 is 4.39 Å². The number of hydrogen-bond acceptors (Lipinski definition) is 13. The summed E-state index contributed by atoms with van der Waals surface area (Å²) in [5.74, 6) is -2.83. The molecule has 0 aliphatic carbocycles. The van der Waals surface area contributed by atoms with Crippen molar-refractivity contribution in [3.8, 4) is 6.07 Å². The number of esters is 1. The van der Waals surface area contributed by atoms with Crippen molar-refractivity contribution in [2.75, 3.05) is 18.1 Å². The fraction of sp³-hybridized carbons (Fsp3) is 0.543. The molecular formula is C35H42ClFN6O9. The molecule has 2 aromatic heterocycles. The van der Waals surface area contributed by atoms with Gasteiger partial charge in [-0.15, -0.1) is 0 Å². The Bertz CT molecular complexity index is 1860. The Morgan fingerprint density at radius 2 is 1.71 bits per heavy atom. The Labute approximate surface area is 305 Å². The maximum absolute atomic E-state index is 16.1. The van der Waals surface area contributed by atoms with Crippen molar-refractivity contribution < 1.29 is 47.3 Å². The van der Waals surface area contributed by atoms with Crippen LogP contribution in [0.5, 0.6) is 0 Å². The first kappa shape index (κ1) is 40.1. The fourth-order valence-corrected chi connectivity index (χ4v) is 5.56. The van der Waals surface area contributed by atoms with E-state index in [2.05, 4.69) is 15.0 Å². The Hall–Kier alpha value is -4.72. The van der Waals surface area contributed by atoms with Gasteiger partial charge in [0, 0.05) is 12.3 Å². The number of hydrogen-bond donors (Lipinski definition) is 0. The molecule has 2 amide bonds. The van der Waals surface area contributed by atoms with Crippen LogP contribution in [0, 0.1) is 17.2 Å². The monoisotopic (exact) mass is 744 g/mol. The van der Waals surface area contributed by atoms with Crippen molar-refractivity contribution in [2.45, 2.75) is 104 Å². The molecule has 4 rings (SSSR count). The second kappa shape index (κ2) is 15.5. The Morgan fingerprint density at radius 3 is 2.27 bits per heavy atom. The second-order valence-electron chi connectivity index (χ2n) is 14.2. The zero-order valence-electron chi connectivity index (χ0n) is 30.4. The van der Waals surface area contributed by atoms with E-state index in [-0.39, 0.29) is 30.0 Å². The molecule has 52 heavy (non-hydrogen) atoms. The zero-order chi connectivity index (χ0) is 38.8. The highest BCUT2D eigenvalue weighted by atomic mass is 35.5. The van der Waals surface area contributed by atoms with Crippen molar-refractivity contribution in [2.24, 2.45) is 5.92 Å². The summed E-state index contributed by atoms with van der Waals surface area (Å²) >= 11 is 6.30. The largest absolute Gasteiger partial charge is 0.463 e. The summed E-state index contributed by atoms with van der Waals surface area (Å²) in [6.07, 6.45) is -5.43. The van der Waals surface area contributed by atoms with Crippen LogP contribution in [0.4, 0.5) is 19.8 Å². The Balaban J connectivity index is 1.69. The van der Waals surface area contributed by atoms with Gasteiger partial charge in [-0.2, -0.15) is 20.1 Å².